The Morgan fingerprint density at radius 2 is 2.25 bits per heavy atom. The number of hydrogen-bond donors (Lipinski definition) is 1. The summed E-state index contributed by atoms with van der Waals surface area (Å²) in [4.78, 5) is 11.3. The fraction of sp³-hybridized carbons (Fsp3) is 0.250. The molecular formula is C8H9N3O. The van der Waals surface area contributed by atoms with E-state index in [1.165, 1.54) is 0 Å². The molecular weight excluding hydrogens is 154 g/mol. The summed E-state index contributed by atoms with van der Waals surface area (Å²) in [5.41, 5.74) is 2.69. The molecule has 2 aromatic heterocycles. The summed E-state index contributed by atoms with van der Waals surface area (Å²) in [5.74, 6) is 0.730. The Hall–Kier alpha value is -1.58. The molecule has 4 nitrogen and oxygen atoms in total. The van der Waals surface area contributed by atoms with Crippen molar-refractivity contribution >= 4 is 11.0 Å². The number of fused-ring (bicyclic) bond motifs is 1. The molecule has 0 amide bonds. The summed E-state index contributed by atoms with van der Waals surface area (Å²) in [6.45, 7) is 1.92. The Morgan fingerprint density at radius 3 is 3.00 bits per heavy atom. The molecule has 0 spiro atoms. The highest BCUT2D eigenvalue weighted by atomic mass is 16.5. The summed E-state index contributed by atoms with van der Waals surface area (Å²) < 4.78 is 5.11. The van der Waals surface area contributed by atoms with E-state index in [4.69, 9.17) is 4.74 Å². The maximum Gasteiger partial charge on any atom is 0.162 e. The van der Waals surface area contributed by atoms with E-state index in [-0.39, 0.29) is 0 Å². The van der Waals surface area contributed by atoms with Crippen LogP contribution >= 0.6 is 0 Å². The van der Waals surface area contributed by atoms with Gasteiger partial charge in [0.05, 0.1) is 25.3 Å². The number of aryl methyl sites for hydroxylation is 1. The van der Waals surface area contributed by atoms with Gasteiger partial charge in [-0.05, 0) is 6.92 Å². The van der Waals surface area contributed by atoms with E-state index in [2.05, 4.69) is 15.0 Å². The molecule has 4 heteroatoms. The van der Waals surface area contributed by atoms with Crippen LogP contribution in [-0.2, 0) is 0 Å². The number of rotatable bonds is 1. The number of methoxy groups -OCH3 is 1. The summed E-state index contributed by atoms with van der Waals surface area (Å²) in [7, 11) is 1.62. The molecule has 0 aliphatic carbocycles. The molecule has 2 rings (SSSR count). The molecule has 2 aromatic rings. The van der Waals surface area contributed by atoms with Crippen molar-refractivity contribution in [2.24, 2.45) is 0 Å². The zero-order chi connectivity index (χ0) is 8.55. The van der Waals surface area contributed by atoms with Crippen LogP contribution < -0.4 is 4.74 Å². The number of pyridine rings is 1. The van der Waals surface area contributed by atoms with Gasteiger partial charge in [0.15, 0.2) is 5.75 Å². The normalized spacial score (nSPS) is 10.5. The molecule has 0 unspecified atom stereocenters. The molecule has 12 heavy (non-hydrogen) atoms. The number of H-pyrrole nitrogens is 1. The topological polar surface area (TPSA) is 50.8 Å². The lowest BCUT2D eigenvalue weighted by atomic mass is 10.3. The number of ether oxygens (including phenoxy) is 1. The van der Waals surface area contributed by atoms with Crippen molar-refractivity contribution in [3.8, 4) is 5.75 Å². The SMILES string of the molecule is COc1cnc(C)c2nc[nH]c12. The standard InChI is InChI=1S/C8H9N3O/c1-5-7-8(11-4-10-7)6(12-2)3-9-5/h3-4H,1-2H3,(H,10,11). The average Bonchev–Trinajstić information content (AvgIpc) is 2.54. The molecule has 0 fully saturated rings. The van der Waals surface area contributed by atoms with E-state index in [1.54, 1.807) is 19.6 Å². The van der Waals surface area contributed by atoms with Gasteiger partial charge in [-0.25, -0.2) is 4.98 Å². The van der Waals surface area contributed by atoms with E-state index >= 15 is 0 Å². The largest absolute Gasteiger partial charge is 0.493 e. The van der Waals surface area contributed by atoms with E-state index in [9.17, 15) is 0 Å². The van der Waals surface area contributed by atoms with Gasteiger partial charge in [-0.15, -0.1) is 0 Å². The Morgan fingerprint density at radius 1 is 1.42 bits per heavy atom. The summed E-state index contributed by atoms with van der Waals surface area (Å²) >= 11 is 0. The highest BCUT2D eigenvalue weighted by Crippen LogP contribution is 2.22. The van der Waals surface area contributed by atoms with Gasteiger partial charge < -0.3 is 9.72 Å². The number of imidazole rings is 1. The average molecular weight is 163 g/mol. The van der Waals surface area contributed by atoms with Gasteiger partial charge in [0.2, 0.25) is 0 Å². The minimum absolute atomic E-state index is 0.730. The number of aromatic amines is 1. The highest BCUT2D eigenvalue weighted by Gasteiger charge is 2.05. The molecule has 0 aliphatic rings. The lowest BCUT2D eigenvalue weighted by Gasteiger charge is -2.00. The second-order valence-electron chi connectivity index (χ2n) is 2.54. The minimum Gasteiger partial charge on any atom is -0.493 e. The molecule has 0 aromatic carbocycles. The third kappa shape index (κ3) is 0.845. The first kappa shape index (κ1) is 7.09. The summed E-state index contributed by atoms with van der Waals surface area (Å²) in [6, 6.07) is 0. The quantitative estimate of drug-likeness (QED) is 0.688. The smallest absolute Gasteiger partial charge is 0.162 e. The predicted molar refractivity (Wildman–Crippen MR) is 45.2 cm³/mol. The van der Waals surface area contributed by atoms with Gasteiger partial charge in [0.1, 0.15) is 11.0 Å². The van der Waals surface area contributed by atoms with Gasteiger partial charge in [0, 0.05) is 0 Å². The Labute approximate surface area is 69.6 Å². The van der Waals surface area contributed by atoms with Crippen molar-refractivity contribution in [1.29, 1.82) is 0 Å². The van der Waals surface area contributed by atoms with Crippen LogP contribution in [0.4, 0.5) is 0 Å². The van der Waals surface area contributed by atoms with Gasteiger partial charge in [0.25, 0.3) is 0 Å². The predicted octanol–water partition coefficient (Wildman–Crippen LogP) is 1.27. The Bertz CT molecular complexity index is 408. The number of aromatic nitrogens is 3. The van der Waals surface area contributed by atoms with Crippen LogP contribution in [0.2, 0.25) is 0 Å². The van der Waals surface area contributed by atoms with Crippen LogP contribution in [0.5, 0.6) is 5.75 Å². The number of nitrogens with one attached hydrogen (secondary N) is 1. The zero-order valence-corrected chi connectivity index (χ0v) is 6.96. The van der Waals surface area contributed by atoms with Gasteiger partial charge in [-0.2, -0.15) is 0 Å². The third-order valence-electron chi connectivity index (χ3n) is 1.82. The molecule has 0 aliphatic heterocycles. The van der Waals surface area contributed by atoms with Crippen molar-refractivity contribution in [1.82, 2.24) is 15.0 Å². The summed E-state index contributed by atoms with van der Waals surface area (Å²) in [5, 5.41) is 0. The third-order valence-corrected chi connectivity index (χ3v) is 1.82. The molecule has 62 valence electrons. The molecule has 2 heterocycles. The Kier molecular flexibility index (Phi) is 1.46. The minimum atomic E-state index is 0.730. The van der Waals surface area contributed by atoms with E-state index in [1.807, 2.05) is 6.92 Å². The van der Waals surface area contributed by atoms with Gasteiger partial charge in [-0.3, -0.25) is 4.98 Å². The van der Waals surface area contributed by atoms with Crippen molar-refractivity contribution in [3.05, 3.63) is 18.2 Å². The molecule has 1 N–H and O–H groups in total. The number of hydrogen-bond acceptors (Lipinski definition) is 3. The van der Waals surface area contributed by atoms with Crippen LogP contribution in [0.3, 0.4) is 0 Å². The zero-order valence-electron chi connectivity index (χ0n) is 6.96. The second kappa shape index (κ2) is 2.48. The van der Waals surface area contributed by atoms with Crippen LogP contribution in [0.15, 0.2) is 12.5 Å². The molecule has 0 bridgehead atoms. The number of nitrogens with zero attached hydrogens (tertiary/aromatic N) is 2. The highest BCUT2D eigenvalue weighted by molar-refractivity contribution is 5.82. The maximum absolute atomic E-state index is 5.11. The van der Waals surface area contributed by atoms with Crippen molar-refractivity contribution < 1.29 is 4.74 Å². The first-order chi connectivity index (χ1) is 5.83. The molecule has 0 radical (unpaired) electrons. The van der Waals surface area contributed by atoms with Crippen LogP contribution in [0.1, 0.15) is 5.69 Å². The monoisotopic (exact) mass is 163 g/mol. The second-order valence-corrected chi connectivity index (χ2v) is 2.54. The maximum atomic E-state index is 5.11. The van der Waals surface area contributed by atoms with Gasteiger partial charge >= 0.3 is 0 Å². The fourth-order valence-corrected chi connectivity index (χ4v) is 1.19. The van der Waals surface area contributed by atoms with E-state index in [0.717, 1.165) is 22.5 Å². The first-order valence-corrected chi connectivity index (χ1v) is 3.65. The van der Waals surface area contributed by atoms with E-state index in [0.29, 0.717) is 0 Å². The fourth-order valence-electron chi connectivity index (χ4n) is 1.19. The first-order valence-electron chi connectivity index (χ1n) is 3.65. The summed E-state index contributed by atoms with van der Waals surface area (Å²) in [6.07, 6.45) is 3.33. The molecule has 0 atom stereocenters. The van der Waals surface area contributed by atoms with Crippen molar-refractivity contribution in [2.75, 3.05) is 7.11 Å². The van der Waals surface area contributed by atoms with E-state index < -0.39 is 0 Å². The van der Waals surface area contributed by atoms with Crippen LogP contribution in [0, 0.1) is 6.92 Å². The lowest BCUT2D eigenvalue weighted by Crippen LogP contribution is -1.89. The molecule has 0 saturated heterocycles. The van der Waals surface area contributed by atoms with Crippen molar-refractivity contribution in [2.45, 2.75) is 6.92 Å². The van der Waals surface area contributed by atoms with Gasteiger partial charge in [-0.1, -0.05) is 0 Å². The molecule has 0 saturated carbocycles. The van der Waals surface area contributed by atoms with Crippen molar-refractivity contribution in [3.63, 3.8) is 0 Å². The Balaban J connectivity index is 2.82. The lowest BCUT2D eigenvalue weighted by molar-refractivity contribution is 0.417. The van der Waals surface area contributed by atoms with Crippen LogP contribution in [0.25, 0.3) is 11.0 Å². The van der Waals surface area contributed by atoms with Crippen LogP contribution in [-0.4, -0.2) is 22.1 Å².